The van der Waals surface area contributed by atoms with Crippen LogP contribution >= 0.6 is 0 Å². The smallest absolute Gasteiger partial charge is 0.372 e. The van der Waals surface area contributed by atoms with E-state index in [0.29, 0.717) is 12.8 Å². The highest BCUT2D eigenvalue weighted by Gasteiger charge is 2.22. The molecule has 0 aliphatic carbocycles. The first-order valence-electron chi connectivity index (χ1n) is 4.40. The molecule has 0 bridgehead atoms. The lowest BCUT2D eigenvalue weighted by atomic mass is 9.94. The fourth-order valence-corrected chi connectivity index (χ4v) is 1.28. The van der Waals surface area contributed by atoms with Crippen LogP contribution in [0.15, 0.2) is 0 Å². The lowest BCUT2D eigenvalue weighted by molar-refractivity contribution is -0.151. The van der Waals surface area contributed by atoms with Gasteiger partial charge in [0.2, 0.25) is 5.78 Å². The Morgan fingerprint density at radius 2 is 1.58 bits per heavy atom. The number of carbonyl (C=O) groups excluding carboxylic acids is 1. The molecule has 1 N–H and O–H groups in total. The number of carboxylic acids is 1. The summed E-state index contributed by atoms with van der Waals surface area (Å²) in [5.41, 5.74) is 0. The average Bonchev–Trinajstić information content (AvgIpc) is 2.03. The van der Waals surface area contributed by atoms with Crippen LogP contribution in [0.1, 0.15) is 39.5 Å². The summed E-state index contributed by atoms with van der Waals surface area (Å²) >= 11 is 0. The molecule has 0 rings (SSSR count). The summed E-state index contributed by atoms with van der Waals surface area (Å²) in [7, 11) is 0. The molecule has 0 saturated carbocycles. The molecule has 70 valence electrons. The molecular formula is C9H16O3. The maximum atomic E-state index is 11.0. The third-order valence-corrected chi connectivity index (χ3v) is 1.86. The van der Waals surface area contributed by atoms with Crippen molar-refractivity contribution in [2.75, 3.05) is 0 Å². The second-order valence-electron chi connectivity index (χ2n) is 2.94. The van der Waals surface area contributed by atoms with E-state index < -0.39 is 11.8 Å². The molecule has 0 spiro atoms. The normalized spacial score (nSPS) is 10.2. The second kappa shape index (κ2) is 5.75. The van der Waals surface area contributed by atoms with Gasteiger partial charge in [0.1, 0.15) is 0 Å². The molecule has 0 atom stereocenters. The van der Waals surface area contributed by atoms with E-state index >= 15 is 0 Å². The molecule has 0 unspecified atom stereocenters. The van der Waals surface area contributed by atoms with Crippen molar-refractivity contribution in [2.45, 2.75) is 39.5 Å². The van der Waals surface area contributed by atoms with Crippen molar-refractivity contribution in [3.05, 3.63) is 0 Å². The standard InChI is InChI=1S/C9H16O3/c1-3-5-7(6-4-2)8(10)9(11)12/h7H,3-6H2,1-2H3,(H,11,12). The highest BCUT2D eigenvalue weighted by atomic mass is 16.4. The zero-order valence-corrected chi connectivity index (χ0v) is 7.67. The molecule has 3 heteroatoms. The maximum Gasteiger partial charge on any atom is 0.372 e. The van der Waals surface area contributed by atoms with E-state index in [4.69, 9.17) is 5.11 Å². The number of hydrogen-bond donors (Lipinski definition) is 1. The molecule has 0 radical (unpaired) electrons. The van der Waals surface area contributed by atoms with Gasteiger partial charge in [-0.25, -0.2) is 4.79 Å². The molecule has 0 aromatic heterocycles. The van der Waals surface area contributed by atoms with Gasteiger partial charge in [-0.05, 0) is 12.8 Å². The van der Waals surface area contributed by atoms with Crippen LogP contribution in [-0.2, 0) is 9.59 Å². The van der Waals surface area contributed by atoms with Gasteiger partial charge in [0.05, 0.1) is 0 Å². The van der Waals surface area contributed by atoms with E-state index in [1.807, 2.05) is 13.8 Å². The summed E-state index contributed by atoms with van der Waals surface area (Å²) in [6.07, 6.45) is 3.12. The SMILES string of the molecule is CCCC(CCC)C(=O)C(=O)O. The number of Topliss-reactive ketones (excluding diaryl/α,β-unsaturated/α-hetero) is 1. The molecule has 0 aromatic rings. The van der Waals surface area contributed by atoms with Crippen molar-refractivity contribution in [3.8, 4) is 0 Å². The summed E-state index contributed by atoms with van der Waals surface area (Å²) in [6.45, 7) is 3.91. The van der Waals surface area contributed by atoms with E-state index in [9.17, 15) is 9.59 Å². The zero-order valence-electron chi connectivity index (χ0n) is 7.67. The minimum atomic E-state index is -1.29. The van der Waals surface area contributed by atoms with E-state index in [0.717, 1.165) is 12.8 Å². The van der Waals surface area contributed by atoms with Gasteiger partial charge in [0.25, 0.3) is 0 Å². The Morgan fingerprint density at radius 1 is 1.17 bits per heavy atom. The van der Waals surface area contributed by atoms with Gasteiger partial charge >= 0.3 is 5.97 Å². The van der Waals surface area contributed by atoms with Crippen LogP contribution in [0.4, 0.5) is 0 Å². The number of ketones is 1. The molecule has 0 aliphatic heterocycles. The topological polar surface area (TPSA) is 54.4 Å². The molecular weight excluding hydrogens is 156 g/mol. The molecule has 0 heterocycles. The lowest BCUT2D eigenvalue weighted by Gasteiger charge is -2.09. The van der Waals surface area contributed by atoms with Gasteiger partial charge in [-0.3, -0.25) is 4.79 Å². The number of aliphatic carboxylic acids is 1. The Balaban J connectivity index is 4.08. The van der Waals surface area contributed by atoms with Crippen molar-refractivity contribution in [3.63, 3.8) is 0 Å². The summed E-state index contributed by atoms with van der Waals surface area (Å²) in [4.78, 5) is 21.4. The van der Waals surface area contributed by atoms with Crippen LogP contribution in [0.2, 0.25) is 0 Å². The van der Waals surface area contributed by atoms with Gasteiger partial charge in [0, 0.05) is 5.92 Å². The minimum absolute atomic E-state index is 0.266. The van der Waals surface area contributed by atoms with Gasteiger partial charge in [-0.15, -0.1) is 0 Å². The first-order valence-corrected chi connectivity index (χ1v) is 4.40. The van der Waals surface area contributed by atoms with Crippen LogP contribution in [0.5, 0.6) is 0 Å². The summed E-state index contributed by atoms with van der Waals surface area (Å²) in [5, 5.41) is 8.46. The van der Waals surface area contributed by atoms with Crippen molar-refractivity contribution in [1.29, 1.82) is 0 Å². The van der Waals surface area contributed by atoms with Gasteiger partial charge in [-0.1, -0.05) is 26.7 Å². The largest absolute Gasteiger partial charge is 0.475 e. The number of carboxylic acid groups (broad SMARTS) is 1. The molecule has 12 heavy (non-hydrogen) atoms. The highest BCUT2D eigenvalue weighted by Crippen LogP contribution is 2.14. The van der Waals surface area contributed by atoms with E-state index in [1.165, 1.54) is 0 Å². The fourth-order valence-electron chi connectivity index (χ4n) is 1.28. The molecule has 0 amide bonds. The van der Waals surface area contributed by atoms with E-state index in [-0.39, 0.29) is 5.92 Å². The van der Waals surface area contributed by atoms with Crippen molar-refractivity contribution >= 4 is 11.8 Å². The zero-order chi connectivity index (χ0) is 9.56. The fraction of sp³-hybridized carbons (Fsp3) is 0.778. The third-order valence-electron chi connectivity index (χ3n) is 1.86. The number of rotatable bonds is 6. The number of carbonyl (C=O) groups is 2. The van der Waals surface area contributed by atoms with Crippen LogP contribution in [-0.4, -0.2) is 16.9 Å². The van der Waals surface area contributed by atoms with E-state index in [2.05, 4.69) is 0 Å². The van der Waals surface area contributed by atoms with Crippen LogP contribution in [0.25, 0.3) is 0 Å². The predicted molar refractivity (Wildman–Crippen MR) is 45.9 cm³/mol. The lowest BCUT2D eigenvalue weighted by Crippen LogP contribution is -2.23. The Hall–Kier alpha value is -0.860. The second-order valence-corrected chi connectivity index (χ2v) is 2.94. The van der Waals surface area contributed by atoms with Gasteiger partial charge < -0.3 is 5.11 Å². The first kappa shape index (κ1) is 11.1. The average molecular weight is 172 g/mol. The first-order chi connectivity index (χ1) is 5.63. The molecule has 0 aromatic carbocycles. The monoisotopic (exact) mass is 172 g/mol. The summed E-state index contributed by atoms with van der Waals surface area (Å²) in [5.74, 6) is -2.18. The predicted octanol–water partition coefficient (Wildman–Crippen LogP) is 1.86. The highest BCUT2D eigenvalue weighted by molar-refractivity contribution is 6.33. The Kier molecular flexibility index (Phi) is 5.34. The van der Waals surface area contributed by atoms with E-state index in [1.54, 1.807) is 0 Å². The Morgan fingerprint density at radius 3 is 1.83 bits per heavy atom. The Bertz CT molecular complexity index is 157. The third kappa shape index (κ3) is 3.51. The minimum Gasteiger partial charge on any atom is -0.475 e. The van der Waals surface area contributed by atoms with Crippen LogP contribution in [0, 0.1) is 5.92 Å². The summed E-state index contributed by atoms with van der Waals surface area (Å²) in [6, 6.07) is 0. The molecule has 0 fully saturated rings. The van der Waals surface area contributed by atoms with Crippen LogP contribution < -0.4 is 0 Å². The Labute approximate surface area is 72.8 Å². The van der Waals surface area contributed by atoms with Crippen molar-refractivity contribution in [1.82, 2.24) is 0 Å². The van der Waals surface area contributed by atoms with Crippen molar-refractivity contribution < 1.29 is 14.7 Å². The summed E-state index contributed by atoms with van der Waals surface area (Å²) < 4.78 is 0. The quantitative estimate of drug-likeness (QED) is 0.622. The van der Waals surface area contributed by atoms with Gasteiger partial charge in [0.15, 0.2) is 0 Å². The number of hydrogen-bond acceptors (Lipinski definition) is 2. The molecule has 3 nitrogen and oxygen atoms in total. The van der Waals surface area contributed by atoms with Gasteiger partial charge in [-0.2, -0.15) is 0 Å². The molecule has 0 saturated heterocycles. The van der Waals surface area contributed by atoms with Crippen LogP contribution in [0.3, 0.4) is 0 Å². The molecule has 0 aliphatic rings. The maximum absolute atomic E-state index is 11.0. The van der Waals surface area contributed by atoms with Crippen molar-refractivity contribution in [2.24, 2.45) is 5.92 Å².